The number of hydrogen-bond acceptors (Lipinski definition) is 1. The molecule has 0 heterocycles. The van der Waals surface area contributed by atoms with Crippen LogP contribution in [0.15, 0.2) is 34.4 Å². The SMILES string of the molecule is CCC[CH2][Sn](/[CH]=C(\C(=O)O)c1ccccc1)([CH2]CCC)[CH2]CCC. The van der Waals surface area contributed by atoms with Gasteiger partial charge in [-0.2, -0.15) is 0 Å². The van der Waals surface area contributed by atoms with E-state index in [1.54, 1.807) is 0 Å². The summed E-state index contributed by atoms with van der Waals surface area (Å²) in [6.45, 7) is 6.74. The molecule has 0 saturated carbocycles. The molecule has 0 bridgehead atoms. The van der Waals surface area contributed by atoms with Gasteiger partial charge in [0.15, 0.2) is 0 Å². The predicted octanol–water partition coefficient (Wildman–Crippen LogP) is 6.54. The van der Waals surface area contributed by atoms with Crippen molar-refractivity contribution in [3.05, 3.63) is 40.0 Å². The van der Waals surface area contributed by atoms with Crippen molar-refractivity contribution in [3.8, 4) is 0 Å². The van der Waals surface area contributed by atoms with Crippen LogP contribution in [0.2, 0.25) is 13.3 Å². The number of carboxylic acid groups (broad SMARTS) is 1. The van der Waals surface area contributed by atoms with E-state index in [9.17, 15) is 9.90 Å². The molecule has 0 radical (unpaired) electrons. The van der Waals surface area contributed by atoms with E-state index in [1.165, 1.54) is 51.8 Å². The summed E-state index contributed by atoms with van der Waals surface area (Å²) in [5, 5.41) is 9.83. The van der Waals surface area contributed by atoms with Crippen molar-refractivity contribution in [3.63, 3.8) is 0 Å². The summed E-state index contributed by atoms with van der Waals surface area (Å²) in [4.78, 5) is 12.0. The molecule has 1 aromatic rings. The summed E-state index contributed by atoms with van der Waals surface area (Å²) in [7, 11) is 0. The van der Waals surface area contributed by atoms with Gasteiger partial charge in [-0.15, -0.1) is 0 Å². The fourth-order valence-corrected chi connectivity index (χ4v) is 18.4. The van der Waals surface area contributed by atoms with Crippen molar-refractivity contribution >= 4 is 29.9 Å². The number of carbonyl (C=O) groups is 1. The maximum absolute atomic E-state index is 12.0. The molecular weight excluding hydrogens is 403 g/mol. The predicted molar refractivity (Wildman–Crippen MR) is 107 cm³/mol. The van der Waals surface area contributed by atoms with Crippen molar-refractivity contribution in [1.29, 1.82) is 0 Å². The second-order valence-electron chi connectivity index (χ2n) is 6.90. The van der Waals surface area contributed by atoms with Crippen LogP contribution >= 0.6 is 0 Å². The Kier molecular flexibility index (Phi) is 10.4. The number of benzene rings is 1. The molecule has 0 aliphatic heterocycles. The summed E-state index contributed by atoms with van der Waals surface area (Å²) in [5.74, 6) is -0.758. The van der Waals surface area contributed by atoms with Crippen LogP contribution in [-0.4, -0.2) is 29.5 Å². The molecule has 0 aliphatic rings. The molecule has 0 spiro atoms. The molecule has 0 aromatic heterocycles. The average Bonchev–Trinajstić information content (AvgIpc) is 2.61. The quantitative estimate of drug-likeness (QED) is 0.298. The van der Waals surface area contributed by atoms with Crippen molar-refractivity contribution < 1.29 is 9.90 Å². The van der Waals surface area contributed by atoms with E-state index in [1.807, 2.05) is 30.3 Å². The molecule has 0 amide bonds. The van der Waals surface area contributed by atoms with E-state index in [0.29, 0.717) is 5.57 Å². The van der Waals surface area contributed by atoms with Crippen LogP contribution < -0.4 is 0 Å². The molecule has 0 aliphatic carbocycles. The Bertz CT molecular complexity index is 486. The van der Waals surface area contributed by atoms with E-state index in [4.69, 9.17) is 0 Å². The Morgan fingerprint density at radius 3 is 1.75 bits per heavy atom. The molecule has 0 unspecified atom stereocenters. The van der Waals surface area contributed by atoms with Crippen LogP contribution in [0.25, 0.3) is 5.57 Å². The Morgan fingerprint density at radius 1 is 0.917 bits per heavy atom. The molecule has 3 heteroatoms. The first-order valence-electron chi connectivity index (χ1n) is 9.60. The van der Waals surface area contributed by atoms with Gasteiger partial charge in [0.1, 0.15) is 0 Å². The average molecular weight is 437 g/mol. The second-order valence-corrected chi connectivity index (χ2v) is 19.8. The zero-order valence-corrected chi connectivity index (χ0v) is 18.5. The molecule has 0 saturated heterocycles. The third kappa shape index (κ3) is 7.00. The van der Waals surface area contributed by atoms with E-state index in [-0.39, 0.29) is 0 Å². The first kappa shape index (κ1) is 21.3. The minimum atomic E-state index is -2.60. The third-order valence-corrected chi connectivity index (χ3v) is 19.0. The second kappa shape index (κ2) is 11.7. The molecule has 1 aromatic carbocycles. The topological polar surface area (TPSA) is 37.3 Å². The van der Waals surface area contributed by atoms with Crippen LogP contribution in [0.1, 0.15) is 64.9 Å². The Morgan fingerprint density at radius 2 is 1.38 bits per heavy atom. The van der Waals surface area contributed by atoms with Crippen molar-refractivity contribution in [2.45, 2.75) is 72.6 Å². The Hall–Kier alpha value is -0.771. The number of carboxylic acids is 1. The summed E-state index contributed by atoms with van der Waals surface area (Å²) >= 11 is -2.60. The van der Waals surface area contributed by atoms with Crippen LogP contribution in [0.5, 0.6) is 0 Å². The summed E-state index contributed by atoms with van der Waals surface area (Å²) < 4.78 is 6.21. The van der Waals surface area contributed by atoms with Gasteiger partial charge >= 0.3 is 152 Å². The van der Waals surface area contributed by atoms with Gasteiger partial charge in [-0.05, 0) is 0 Å². The van der Waals surface area contributed by atoms with E-state index in [0.717, 1.165) is 5.56 Å². The molecule has 1 rings (SSSR count). The Balaban J connectivity index is 3.26. The van der Waals surface area contributed by atoms with Gasteiger partial charge in [-0.1, -0.05) is 0 Å². The number of rotatable bonds is 12. The fourth-order valence-electron chi connectivity index (χ4n) is 3.37. The van der Waals surface area contributed by atoms with Gasteiger partial charge < -0.3 is 0 Å². The monoisotopic (exact) mass is 438 g/mol. The molecule has 2 nitrogen and oxygen atoms in total. The molecule has 1 N–H and O–H groups in total. The maximum atomic E-state index is 12.0. The van der Waals surface area contributed by atoms with Gasteiger partial charge in [-0.3, -0.25) is 0 Å². The first-order chi connectivity index (χ1) is 11.6. The van der Waals surface area contributed by atoms with Crippen molar-refractivity contribution in [1.82, 2.24) is 0 Å². The van der Waals surface area contributed by atoms with Crippen LogP contribution in [0.3, 0.4) is 0 Å². The van der Waals surface area contributed by atoms with Crippen molar-refractivity contribution in [2.75, 3.05) is 0 Å². The standard InChI is InChI=1S/C9H7O2.3C4H9.Sn/c1-7(9(10)11)8-5-3-2-4-6-8;3*1-3-4-2;/h1-6H,(H,10,11);3*1,3-4H2,2H3;. The summed E-state index contributed by atoms with van der Waals surface area (Å²) in [6, 6.07) is 9.71. The molecular formula is C21H34O2Sn. The van der Waals surface area contributed by atoms with Crippen LogP contribution in [0.4, 0.5) is 0 Å². The number of hydrogen-bond donors (Lipinski definition) is 1. The van der Waals surface area contributed by atoms with Gasteiger partial charge in [0, 0.05) is 0 Å². The van der Waals surface area contributed by atoms with Crippen molar-refractivity contribution in [2.24, 2.45) is 0 Å². The molecule has 0 fully saturated rings. The third-order valence-electron chi connectivity index (χ3n) is 4.85. The van der Waals surface area contributed by atoms with E-state index >= 15 is 0 Å². The number of unbranched alkanes of at least 4 members (excludes halogenated alkanes) is 3. The van der Waals surface area contributed by atoms with E-state index < -0.39 is 24.3 Å². The molecule has 24 heavy (non-hydrogen) atoms. The molecule has 0 atom stereocenters. The normalized spacial score (nSPS) is 12.4. The minimum absolute atomic E-state index is 0.565. The zero-order valence-electron chi connectivity index (χ0n) is 15.7. The van der Waals surface area contributed by atoms with E-state index in [2.05, 4.69) is 24.9 Å². The zero-order chi connectivity index (χ0) is 17.8. The first-order valence-corrected chi connectivity index (χ1v) is 17.3. The van der Waals surface area contributed by atoms with Gasteiger partial charge in [0.05, 0.1) is 0 Å². The number of aliphatic carboxylic acids is 1. The summed E-state index contributed by atoms with van der Waals surface area (Å²) in [5.41, 5.74) is 1.44. The van der Waals surface area contributed by atoms with Gasteiger partial charge in [0.25, 0.3) is 0 Å². The van der Waals surface area contributed by atoms with Crippen LogP contribution in [-0.2, 0) is 4.79 Å². The summed E-state index contributed by atoms with van der Waals surface area (Å²) in [6.07, 6.45) is 7.38. The van der Waals surface area contributed by atoms with Gasteiger partial charge in [0.2, 0.25) is 0 Å². The van der Waals surface area contributed by atoms with Gasteiger partial charge in [-0.25, -0.2) is 0 Å². The fraction of sp³-hybridized carbons (Fsp3) is 0.571. The van der Waals surface area contributed by atoms with Crippen LogP contribution in [0, 0.1) is 0 Å². The Labute approximate surface area is 152 Å². The molecule has 134 valence electrons.